The largest absolute Gasteiger partial charge is 0.483 e. The van der Waals surface area contributed by atoms with Crippen LogP contribution < -0.4 is 15.4 Å². The van der Waals surface area contributed by atoms with Crippen molar-refractivity contribution in [2.24, 2.45) is 0 Å². The Morgan fingerprint density at radius 2 is 1.44 bits per heavy atom. The fourth-order valence-electron chi connectivity index (χ4n) is 3.65. The van der Waals surface area contributed by atoms with Crippen molar-refractivity contribution in [1.82, 2.24) is 10.6 Å². The second-order valence-corrected chi connectivity index (χ2v) is 9.92. The van der Waals surface area contributed by atoms with E-state index in [0.29, 0.717) is 10.9 Å². The molecule has 0 aliphatic rings. The highest BCUT2D eigenvalue weighted by Crippen LogP contribution is 2.22. The molecule has 0 unspecified atom stereocenters. The predicted molar refractivity (Wildman–Crippen MR) is 143 cm³/mol. The monoisotopic (exact) mass is 526 g/mol. The smallest absolute Gasteiger partial charge is 0.264 e. The normalized spacial score (nSPS) is 10.7. The molecule has 1 aromatic carbocycles. The zero-order chi connectivity index (χ0) is 23.4. The van der Waals surface area contributed by atoms with Crippen LogP contribution in [-0.4, -0.2) is 24.2 Å². The average Bonchev–Trinajstić information content (AvgIpc) is 2.75. The van der Waals surface area contributed by atoms with Crippen LogP contribution in [0.25, 0.3) is 0 Å². The molecule has 32 heavy (non-hydrogen) atoms. The number of nitrogens with one attached hydrogen (secondary N) is 2. The van der Waals surface area contributed by atoms with E-state index >= 15 is 0 Å². The lowest BCUT2D eigenvalue weighted by atomic mass is 10.0. The molecule has 1 aromatic rings. The molecule has 0 aliphatic carbocycles. The van der Waals surface area contributed by atoms with Crippen molar-refractivity contribution in [3.05, 3.63) is 28.2 Å². The van der Waals surface area contributed by atoms with Crippen molar-refractivity contribution in [3.63, 3.8) is 0 Å². The van der Waals surface area contributed by atoms with Crippen molar-refractivity contribution >= 4 is 39.2 Å². The van der Waals surface area contributed by atoms with Crippen molar-refractivity contribution in [2.45, 2.75) is 104 Å². The summed E-state index contributed by atoms with van der Waals surface area (Å²) in [6.45, 7) is 4.96. The Hall–Kier alpha value is -1.14. The minimum atomic E-state index is -0.245. The van der Waals surface area contributed by atoms with Gasteiger partial charge >= 0.3 is 0 Å². The molecular formula is C26H43BrN2O2S. The van der Waals surface area contributed by atoms with E-state index < -0.39 is 0 Å². The summed E-state index contributed by atoms with van der Waals surface area (Å²) in [5.41, 5.74) is 0.977. The quantitative estimate of drug-likeness (QED) is 0.152. The first-order chi connectivity index (χ1) is 15.5. The third-order valence-electron chi connectivity index (χ3n) is 5.56. The number of unbranched alkanes of at least 4 members (excludes halogenated alkanes) is 13. The fourth-order valence-corrected chi connectivity index (χ4v) is 4.34. The lowest BCUT2D eigenvalue weighted by Crippen LogP contribution is -2.41. The summed E-state index contributed by atoms with van der Waals surface area (Å²) < 4.78 is 6.55. The third-order valence-corrected chi connectivity index (χ3v) is 6.30. The van der Waals surface area contributed by atoms with Gasteiger partial charge in [0.1, 0.15) is 5.75 Å². The molecule has 0 radical (unpaired) electrons. The van der Waals surface area contributed by atoms with E-state index in [2.05, 4.69) is 33.5 Å². The Morgan fingerprint density at radius 3 is 1.97 bits per heavy atom. The molecule has 2 N–H and O–H groups in total. The molecule has 4 nitrogen and oxygen atoms in total. The SMILES string of the molecule is CCCCCCCCCCCCCCCCNC(=S)NC(=O)COc1ccc(Br)cc1C. The zero-order valence-electron chi connectivity index (χ0n) is 20.1. The van der Waals surface area contributed by atoms with Gasteiger partial charge in [-0.2, -0.15) is 0 Å². The highest BCUT2D eigenvalue weighted by Gasteiger charge is 2.07. The van der Waals surface area contributed by atoms with Gasteiger partial charge in [0.2, 0.25) is 0 Å². The van der Waals surface area contributed by atoms with Gasteiger partial charge in [-0.1, -0.05) is 106 Å². The molecule has 0 aromatic heterocycles. The number of thiocarbonyl (C=S) groups is 1. The molecule has 0 spiro atoms. The van der Waals surface area contributed by atoms with E-state index in [0.717, 1.165) is 23.0 Å². The number of aryl methyl sites for hydroxylation is 1. The Kier molecular flexibility index (Phi) is 17.5. The van der Waals surface area contributed by atoms with Gasteiger partial charge in [-0.15, -0.1) is 0 Å². The minimum absolute atomic E-state index is 0.0524. The van der Waals surface area contributed by atoms with Gasteiger partial charge in [0.05, 0.1) is 0 Å². The maximum atomic E-state index is 12.0. The van der Waals surface area contributed by atoms with Crippen molar-refractivity contribution in [3.8, 4) is 5.75 Å². The number of ether oxygens (including phenoxy) is 1. The topological polar surface area (TPSA) is 50.4 Å². The van der Waals surface area contributed by atoms with Gasteiger partial charge in [0, 0.05) is 11.0 Å². The van der Waals surface area contributed by atoms with Crippen molar-refractivity contribution in [1.29, 1.82) is 0 Å². The summed E-state index contributed by atoms with van der Waals surface area (Å²) in [6.07, 6.45) is 18.8. The fraction of sp³-hybridized carbons (Fsp3) is 0.692. The number of rotatable bonds is 18. The first-order valence-electron chi connectivity index (χ1n) is 12.5. The maximum absolute atomic E-state index is 12.0. The van der Waals surface area contributed by atoms with Gasteiger partial charge in [0.25, 0.3) is 5.91 Å². The number of carbonyl (C=O) groups is 1. The number of hydrogen-bond donors (Lipinski definition) is 2. The Morgan fingerprint density at radius 1 is 0.906 bits per heavy atom. The van der Waals surface area contributed by atoms with Gasteiger partial charge in [-0.05, 0) is 49.3 Å². The Bertz CT molecular complexity index is 655. The molecule has 0 fully saturated rings. The second-order valence-electron chi connectivity index (χ2n) is 8.60. The maximum Gasteiger partial charge on any atom is 0.264 e. The van der Waals surface area contributed by atoms with Crippen molar-refractivity contribution in [2.75, 3.05) is 13.2 Å². The number of benzene rings is 1. The highest BCUT2D eigenvalue weighted by atomic mass is 79.9. The highest BCUT2D eigenvalue weighted by molar-refractivity contribution is 9.10. The number of carbonyl (C=O) groups excluding carboxylic acids is 1. The van der Waals surface area contributed by atoms with Crippen LogP contribution in [-0.2, 0) is 4.79 Å². The molecule has 1 rings (SSSR count). The van der Waals surface area contributed by atoms with Crippen LogP contribution in [0.15, 0.2) is 22.7 Å². The van der Waals surface area contributed by atoms with Crippen molar-refractivity contribution < 1.29 is 9.53 Å². The second kappa shape index (κ2) is 19.3. The van der Waals surface area contributed by atoms with Crippen LogP contribution >= 0.6 is 28.1 Å². The van der Waals surface area contributed by atoms with E-state index in [1.54, 1.807) is 0 Å². The molecule has 0 heterocycles. The Labute approximate surface area is 209 Å². The first kappa shape index (κ1) is 28.9. The molecular weight excluding hydrogens is 484 g/mol. The predicted octanol–water partition coefficient (Wildman–Crippen LogP) is 7.61. The summed E-state index contributed by atoms with van der Waals surface area (Å²) in [5.74, 6) is 0.454. The van der Waals surface area contributed by atoms with E-state index in [-0.39, 0.29) is 12.5 Å². The standard InChI is InChI=1S/C26H43BrN2O2S/c1-3-4-5-6-7-8-9-10-11-12-13-14-15-16-19-28-26(32)29-25(30)21-31-24-18-17-23(27)20-22(24)2/h17-18,20H,3-16,19,21H2,1-2H3,(H2,28,29,30,32). The average molecular weight is 528 g/mol. The molecule has 182 valence electrons. The van der Waals surface area contributed by atoms with Crippen LogP contribution in [0.4, 0.5) is 0 Å². The van der Waals surface area contributed by atoms with Gasteiger partial charge in [0.15, 0.2) is 11.7 Å². The summed E-state index contributed by atoms with van der Waals surface area (Å²) in [4.78, 5) is 12.0. The minimum Gasteiger partial charge on any atom is -0.483 e. The summed E-state index contributed by atoms with van der Waals surface area (Å²) >= 11 is 8.61. The number of hydrogen-bond acceptors (Lipinski definition) is 3. The van der Waals surface area contributed by atoms with Gasteiger partial charge in [-0.3, -0.25) is 4.79 Å². The third kappa shape index (κ3) is 15.6. The lowest BCUT2D eigenvalue weighted by Gasteiger charge is -2.11. The van der Waals surface area contributed by atoms with E-state index in [1.807, 2.05) is 25.1 Å². The molecule has 0 saturated heterocycles. The van der Waals surface area contributed by atoms with E-state index in [1.165, 1.54) is 83.5 Å². The Balaban J connectivity index is 1.90. The summed E-state index contributed by atoms with van der Waals surface area (Å²) in [5, 5.41) is 6.17. The van der Waals surface area contributed by atoms with Crippen LogP contribution in [0.1, 0.15) is 102 Å². The first-order valence-corrected chi connectivity index (χ1v) is 13.7. The molecule has 0 atom stereocenters. The van der Waals surface area contributed by atoms with Crippen LogP contribution in [0.3, 0.4) is 0 Å². The summed E-state index contributed by atoms with van der Waals surface area (Å²) in [7, 11) is 0. The zero-order valence-corrected chi connectivity index (χ0v) is 22.6. The van der Waals surface area contributed by atoms with Gasteiger partial charge < -0.3 is 15.4 Å². The number of amides is 1. The summed E-state index contributed by atoms with van der Waals surface area (Å²) in [6, 6.07) is 5.69. The van der Waals surface area contributed by atoms with Gasteiger partial charge in [-0.25, -0.2) is 0 Å². The van der Waals surface area contributed by atoms with E-state index in [4.69, 9.17) is 17.0 Å². The molecule has 0 saturated carbocycles. The molecule has 0 aliphatic heterocycles. The lowest BCUT2D eigenvalue weighted by molar-refractivity contribution is -0.121. The molecule has 6 heteroatoms. The molecule has 1 amide bonds. The number of halogens is 1. The van der Waals surface area contributed by atoms with Crippen LogP contribution in [0.5, 0.6) is 5.75 Å². The molecule has 0 bridgehead atoms. The van der Waals surface area contributed by atoms with Crippen LogP contribution in [0, 0.1) is 6.92 Å². The van der Waals surface area contributed by atoms with E-state index in [9.17, 15) is 4.79 Å². The van der Waals surface area contributed by atoms with Crippen LogP contribution in [0.2, 0.25) is 0 Å².